The third kappa shape index (κ3) is 0.786. The maximum Gasteiger partial charge on any atom is 0.294 e. The van der Waals surface area contributed by atoms with E-state index in [2.05, 4.69) is 39.1 Å². The zero-order valence-electron chi connectivity index (χ0n) is 5.06. The summed E-state index contributed by atoms with van der Waals surface area (Å²) in [7, 11) is 0. The van der Waals surface area contributed by atoms with E-state index in [1.54, 1.807) is 6.20 Å². The molecule has 0 aliphatic carbocycles. The second kappa shape index (κ2) is 2.18. The summed E-state index contributed by atoms with van der Waals surface area (Å²) in [6.07, 6.45) is 4.74. The Morgan fingerprint density at radius 3 is 3.30 bits per heavy atom. The number of nitrogens with zero attached hydrogens (tertiary/aromatic N) is 1. The molecular weight excluding hydrogens is 239 g/mol. The van der Waals surface area contributed by atoms with Crippen LogP contribution in [0, 0.1) is 6.20 Å². The largest absolute Gasteiger partial charge is 0.294 e. The predicted molar refractivity (Wildman–Crippen MR) is 48.5 cm³/mol. The van der Waals surface area contributed by atoms with E-state index in [0.29, 0.717) is 0 Å². The lowest BCUT2D eigenvalue weighted by atomic mass is 10.3. The van der Waals surface area contributed by atoms with Gasteiger partial charge in [-0.25, -0.2) is 0 Å². The minimum Gasteiger partial charge on any atom is -0.180 e. The number of aromatic nitrogens is 1. The Morgan fingerprint density at radius 2 is 2.50 bits per heavy atom. The van der Waals surface area contributed by atoms with E-state index >= 15 is 0 Å². The summed E-state index contributed by atoms with van der Waals surface area (Å²) < 4.78 is 1.10. The topological polar surface area (TPSA) is 24.9 Å². The van der Waals surface area contributed by atoms with Crippen LogP contribution in [0.2, 0.25) is 0 Å². The molecule has 0 atom stereocenters. The first-order valence-corrected chi connectivity index (χ1v) is 3.95. The molecule has 1 aromatic rings. The summed E-state index contributed by atoms with van der Waals surface area (Å²) in [6.45, 7) is 0. The summed E-state index contributed by atoms with van der Waals surface area (Å²) in [5.74, 6) is 0.909. The standard InChI is InChI=1S/C7H4IN2/c8-6-4-10-7-5(6)2-1-3-9-7/h1-3H,(H,9,10)/q+1. The lowest BCUT2D eigenvalue weighted by molar-refractivity contribution is 1.31. The third-order valence-corrected chi connectivity index (χ3v) is 2.19. The molecular formula is C7H4IN2+. The molecule has 0 saturated carbocycles. The van der Waals surface area contributed by atoms with E-state index in [1.165, 1.54) is 0 Å². The van der Waals surface area contributed by atoms with Crippen LogP contribution in [0.1, 0.15) is 5.56 Å². The molecule has 1 aromatic heterocycles. The van der Waals surface area contributed by atoms with Crippen LogP contribution in [0.5, 0.6) is 0 Å². The fourth-order valence-electron chi connectivity index (χ4n) is 0.863. The van der Waals surface area contributed by atoms with Crippen LogP contribution in [0.3, 0.4) is 0 Å². The van der Waals surface area contributed by atoms with Gasteiger partial charge in [-0.2, -0.15) is 10.3 Å². The third-order valence-electron chi connectivity index (χ3n) is 1.33. The van der Waals surface area contributed by atoms with Gasteiger partial charge in [-0.3, -0.25) is 0 Å². The maximum absolute atomic E-state index is 4.11. The van der Waals surface area contributed by atoms with Crippen LogP contribution < -0.4 is 5.32 Å². The first-order chi connectivity index (χ1) is 4.88. The Morgan fingerprint density at radius 1 is 1.60 bits per heavy atom. The van der Waals surface area contributed by atoms with Crippen LogP contribution in [-0.2, 0) is 0 Å². The monoisotopic (exact) mass is 243 g/mol. The molecule has 1 aliphatic heterocycles. The molecule has 0 radical (unpaired) electrons. The zero-order chi connectivity index (χ0) is 6.97. The summed E-state index contributed by atoms with van der Waals surface area (Å²) in [5.41, 5.74) is 1.14. The van der Waals surface area contributed by atoms with Gasteiger partial charge in [-0.1, -0.05) is 0 Å². The first-order valence-electron chi connectivity index (χ1n) is 2.88. The molecule has 0 spiro atoms. The van der Waals surface area contributed by atoms with Gasteiger partial charge in [-0.15, -0.1) is 0 Å². The van der Waals surface area contributed by atoms with Crippen LogP contribution in [0.25, 0.3) is 3.58 Å². The van der Waals surface area contributed by atoms with E-state index in [1.807, 2.05) is 12.1 Å². The van der Waals surface area contributed by atoms with Crippen molar-refractivity contribution < 1.29 is 0 Å². The number of nitrogens with one attached hydrogen (secondary N) is 1. The average molecular weight is 243 g/mol. The summed E-state index contributed by atoms with van der Waals surface area (Å²) in [4.78, 5) is 4.11. The van der Waals surface area contributed by atoms with Crippen LogP contribution >= 0.6 is 22.6 Å². The second-order valence-electron chi connectivity index (χ2n) is 1.96. The molecule has 0 saturated heterocycles. The average Bonchev–Trinajstić information content (AvgIpc) is 2.34. The summed E-state index contributed by atoms with van der Waals surface area (Å²) in [6, 6.07) is 3.95. The highest BCUT2D eigenvalue weighted by Gasteiger charge is 2.24. The molecule has 0 fully saturated rings. The number of anilines is 1. The van der Waals surface area contributed by atoms with Crippen molar-refractivity contribution in [2.75, 3.05) is 5.32 Å². The number of rotatable bonds is 0. The zero-order valence-corrected chi connectivity index (χ0v) is 7.21. The van der Waals surface area contributed by atoms with E-state index in [9.17, 15) is 0 Å². The quantitative estimate of drug-likeness (QED) is 0.557. The number of halogens is 1. The highest BCUT2D eigenvalue weighted by atomic mass is 127. The highest BCUT2D eigenvalue weighted by molar-refractivity contribution is 14.1. The summed E-state index contributed by atoms with van der Waals surface area (Å²) in [5, 5.41) is 2.94. The molecule has 0 bridgehead atoms. The SMILES string of the molecule is IC1=[C+]Nc2ncccc21. The lowest BCUT2D eigenvalue weighted by Gasteiger charge is -1.83. The fraction of sp³-hybridized carbons (Fsp3) is 0. The number of pyridine rings is 1. The molecule has 0 amide bonds. The Balaban J connectivity index is 2.61. The van der Waals surface area contributed by atoms with Crippen LogP contribution in [-0.4, -0.2) is 4.98 Å². The minimum absolute atomic E-state index is 0.909. The number of hydrogen-bond acceptors (Lipinski definition) is 2. The predicted octanol–water partition coefficient (Wildman–Crippen LogP) is 2.04. The van der Waals surface area contributed by atoms with Crippen molar-refractivity contribution >= 4 is 32.0 Å². The molecule has 48 valence electrons. The van der Waals surface area contributed by atoms with Crippen LogP contribution in [0.4, 0.5) is 5.82 Å². The Kier molecular flexibility index (Phi) is 1.32. The number of fused-ring (bicyclic) bond motifs is 1. The van der Waals surface area contributed by atoms with Crippen molar-refractivity contribution in [3.05, 3.63) is 30.1 Å². The molecule has 3 heteroatoms. The van der Waals surface area contributed by atoms with Crippen molar-refractivity contribution in [3.63, 3.8) is 0 Å². The van der Waals surface area contributed by atoms with Gasteiger partial charge in [0, 0.05) is 34.9 Å². The van der Waals surface area contributed by atoms with Gasteiger partial charge in [0.15, 0.2) is 5.56 Å². The van der Waals surface area contributed by atoms with Crippen molar-refractivity contribution in [3.8, 4) is 0 Å². The van der Waals surface area contributed by atoms with E-state index in [-0.39, 0.29) is 0 Å². The Bertz CT molecular complexity index is 293. The van der Waals surface area contributed by atoms with E-state index in [0.717, 1.165) is 15.0 Å². The van der Waals surface area contributed by atoms with E-state index in [4.69, 9.17) is 0 Å². The van der Waals surface area contributed by atoms with E-state index < -0.39 is 0 Å². The van der Waals surface area contributed by atoms with Crippen LogP contribution in [0.15, 0.2) is 18.3 Å². The van der Waals surface area contributed by atoms with Crippen molar-refractivity contribution in [2.45, 2.75) is 0 Å². The molecule has 0 aromatic carbocycles. The smallest absolute Gasteiger partial charge is 0.180 e. The van der Waals surface area contributed by atoms with Gasteiger partial charge in [0.05, 0.1) is 0 Å². The Labute approximate surface area is 72.5 Å². The Hall–Kier alpha value is -0.670. The van der Waals surface area contributed by atoms with Gasteiger partial charge in [-0.05, 0) is 6.07 Å². The fourth-order valence-corrected chi connectivity index (χ4v) is 1.43. The van der Waals surface area contributed by atoms with Crippen molar-refractivity contribution in [1.29, 1.82) is 0 Å². The van der Waals surface area contributed by atoms with Crippen molar-refractivity contribution in [1.82, 2.24) is 4.98 Å². The minimum atomic E-state index is 0.909. The van der Waals surface area contributed by atoms with Gasteiger partial charge in [0.2, 0.25) is 3.58 Å². The molecule has 10 heavy (non-hydrogen) atoms. The molecule has 2 rings (SSSR count). The second-order valence-corrected chi connectivity index (χ2v) is 3.04. The molecule has 2 nitrogen and oxygen atoms in total. The highest BCUT2D eigenvalue weighted by Crippen LogP contribution is 2.31. The summed E-state index contributed by atoms with van der Waals surface area (Å²) >= 11 is 2.23. The first kappa shape index (κ1) is 6.07. The molecule has 0 unspecified atom stereocenters. The van der Waals surface area contributed by atoms with Gasteiger partial charge in [0.1, 0.15) is 6.20 Å². The maximum atomic E-state index is 4.11. The lowest BCUT2D eigenvalue weighted by Crippen LogP contribution is -1.85. The molecule has 1 N–H and O–H groups in total. The van der Waals surface area contributed by atoms with Gasteiger partial charge >= 0.3 is 0 Å². The number of hydrogen-bond donors (Lipinski definition) is 1. The molecule has 1 aliphatic rings. The van der Waals surface area contributed by atoms with Gasteiger partial charge in [0.25, 0.3) is 5.82 Å². The normalized spacial score (nSPS) is 13.1. The van der Waals surface area contributed by atoms with Crippen molar-refractivity contribution in [2.24, 2.45) is 0 Å². The molecule has 2 heterocycles. The van der Waals surface area contributed by atoms with Gasteiger partial charge < -0.3 is 0 Å².